The molecule has 0 unspecified atom stereocenters. The Kier molecular flexibility index (Phi) is 2.29. The molecule has 1 aromatic heterocycles. The Bertz CT molecular complexity index is 504. The van der Waals surface area contributed by atoms with Gasteiger partial charge in [0.15, 0.2) is 5.75 Å². The van der Waals surface area contributed by atoms with Crippen LogP contribution in [0.3, 0.4) is 0 Å². The van der Waals surface area contributed by atoms with E-state index >= 15 is 0 Å². The number of methoxy groups -OCH3 is 2. The molecule has 2 aromatic rings. The highest BCUT2D eigenvalue weighted by molar-refractivity contribution is 5.99. The molecule has 0 bridgehead atoms. The van der Waals surface area contributed by atoms with Crippen LogP contribution in [0.1, 0.15) is 10.4 Å². The van der Waals surface area contributed by atoms with Crippen molar-refractivity contribution in [2.45, 2.75) is 0 Å². The van der Waals surface area contributed by atoms with Crippen LogP contribution in [-0.4, -0.2) is 30.4 Å². The van der Waals surface area contributed by atoms with E-state index in [2.05, 4.69) is 14.9 Å². The van der Waals surface area contributed by atoms with E-state index in [1.807, 2.05) is 0 Å². The summed E-state index contributed by atoms with van der Waals surface area (Å²) in [5, 5.41) is 7.54. The molecule has 0 amide bonds. The maximum absolute atomic E-state index is 11.4. The number of rotatable bonds is 2. The number of benzene rings is 1. The number of fused-ring (bicyclic) bond motifs is 1. The van der Waals surface area contributed by atoms with E-state index in [4.69, 9.17) is 4.74 Å². The van der Waals surface area contributed by atoms with Gasteiger partial charge < -0.3 is 9.47 Å². The summed E-state index contributed by atoms with van der Waals surface area (Å²) in [6, 6.07) is 3.44. The summed E-state index contributed by atoms with van der Waals surface area (Å²) in [4.78, 5) is 11.4. The number of carbonyl (C=O) groups is 1. The van der Waals surface area contributed by atoms with Gasteiger partial charge in [0.2, 0.25) is 0 Å². The Hall–Kier alpha value is -2.04. The Morgan fingerprint density at radius 2 is 2.20 bits per heavy atom. The fraction of sp³-hybridized carbons (Fsp3) is 0.200. The van der Waals surface area contributed by atoms with Crippen molar-refractivity contribution in [3.8, 4) is 5.75 Å². The smallest absolute Gasteiger partial charge is 0.341 e. The third-order valence-electron chi connectivity index (χ3n) is 2.18. The van der Waals surface area contributed by atoms with Gasteiger partial charge in [-0.05, 0) is 6.07 Å². The van der Waals surface area contributed by atoms with Crippen LogP contribution in [0.4, 0.5) is 0 Å². The average Bonchev–Trinajstić information content (AvgIpc) is 2.74. The molecule has 0 aliphatic rings. The number of H-pyrrole nitrogens is 1. The number of hydrogen-bond donors (Lipinski definition) is 1. The van der Waals surface area contributed by atoms with E-state index in [1.165, 1.54) is 14.2 Å². The second-order valence-electron chi connectivity index (χ2n) is 2.97. The minimum absolute atomic E-state index is 0.386. The summed E-state index contributed by atoms with van der Waals surface area (Å²) < 4.78 is 9.82. The molecule has 15 heavy (non-hydrogen) atoms. The van der Waals surface area contributed by atoms with Crippen LogP contribution in [0.2, 0.25) is 0 Å². The molecule has 2 rings (SSSR count). The third kappa shape index (κ3) is 1.41. The van der Waals surface area contributed by atoms with Crippen molar-refractivity contribution in [3.05, 3.63) is 23.9 Å². The predicted octanol–water partition coefficient (Wildman–Crippen LogP) is 1.36. The van der Waals surface area contributed by atoms with Gasteiger partial charge in [0.1, 0.15) is 11.1 Å². The van der Waals surface area contributed by atoms with Gasteiger partial charge in [0, 0.05) is 5.39 Å². The van der Waals surface area contributed by atoms with Crippen molar-refractivity contribution in [2.24, 2.45) is 0 Å². The number of aromatic amines is 1. The van der Waals surface area contributed by atoms with E-state index < -0.39 is 5.97 Å². The largest absolute Gasteiger partial charge is 0.494 e. The summed E-state index contributed by atoms with van der Waals surface area (Å²) in [7, 11) is 2.83. The molecule has 5 nitrogen and oxygen atoms in total. The van der Waals surface area contributed by atoms with Crippen LogP contribution in [-0.2, 0) is 4.74 Å². The molecular formula is C10H10N2O3. The SMILES string of the molecule is COC(=O)c1ccc2cn[nH]c2c1OC. The average molecular weight is 206 g/mol. The van der Waals surface area contributed by atoms with Crippen molar-refractivity contribution < 1.29 is 14.3 Å². The predicted molar refractivity (Wildman–Crippen MR) is 54.0 cm³/mol. The second kappa shape index (κ2) is 3.61. The maximum atomic E-state index is 11.4. The lowest BCUT2D eigenvalue weighted by atomic mass is 10.1. The Balaban J connectivity index is 2.69. The normalized spacial score (nSPS) is 10.3. The molecule has 0 saturated heterocycles. The van der Waals surface area contributed by atoms with Gasteiger partial charge in [-0.15, -0.1) is 0 Å². The van der Waals surface area contributed by atoms with Crippen LogP contribution in [0.15, 0.2) is 18.3 Å². The van der Waals surface area contributed by atoms with Crippen LogP contribution >= 0.6 is 0 Å². The first-order valence-electron chi connectivity index (χ1n) is 4.36. The molecule has 0 spiro atoms. The van der Waals surface area contributed by atoms with Gasteiger partial charge in [0.05, 0.1) is 20.4 Å². The van der Waals surface area contributed by atoms with Gasteiger partial charge in [-0.3, -0.25) is 5.10 Å². The molecule has 0 fully saturated rings. The Labute approximate surface area is 86.0 Å². The molecule has 0 saturated carbocycles. The van der Waals surface area contributed by atoms with Crippen LogP contribution in [0.25, 0.3) is 10.9 Å². The Morgan fingerprint density at radius 1 is 1.40 bits per heavy atom. The lowest BCUT2D eigenvalue weighted by Crippen LogP contribution is -2.04. The summed E-state index contributed by atoms with van der Waals surface area (Å²) >= 11 is 0. The molecule has 0 atom stereocenters. The number of carbonyl (C=O) groups excluding carboxylic acids is 1. The zero-order valence-electron chi connectivity index (χ0n) is 8.40. The minimum atomic E-state index is -0.427. The number of esters is 1. The van der Waals surface area contributed by atoms with Gasteiger partial charge in [0.25, 0.3) is 0 Å². The molecular weight excluding hydrogens is 196 g/mol. The summed E-state index contributed by atoms with van der Waals surface area (Å²) in [6.07, 6.45) is 1.67. The Morgan fingerprint density at radius 3 is 2.87 bits per heavy atom. The van der Waals surface area contributed by atoms with Gasteiger partial charge in [-0.1, -0.05) is 6.07 Å². The first kappa shape index (κ1) is 9.51. The van der Waals surface area contributed by atoms with E-state index in [9.17, 15) is 4.79 Å². The van der Waals surface area contributed by atoms with E-state index in [-0.39, 0.29) is 0 Å². The highest BCUT2D eigenvalue weighted by Gasteiger charge is 2.16. The zero-order chi connectivity index (χ0) is 10.8. The quantitative estimate of drug-likeness (QED) is 0.753. The van der Waals surface area contributed by atoms with Crippen molar-refractivity contribution in [3.63, 3.8) is 0 Å². The summed E-state index contributed by atoms with van der Waals surface area (Å²) in [5.41, 5.74) is 1.08. The van der Waals surface area contributed by atoms with Crippen molar-refractivity contribution in [2.75, 3.05) is 14.2 Å². The molecule has 1 N–H and O–H groups in total. The van der Waals surface area contributed by atoms with Crippen molar-refractivity contribution >= 4 is 16.9 Å². The third-order valence-corrected chi connectivity index (χ3v) is 2.18. The molecule has 0 radical (unpaired) electrons. The van der Waals surface area contributed by atoms with Crippen molar-refractivity contribution in [1.82, 2.24) is 10.2 Å². The number of aromatic nitrogens is 2. The number of ether oxygens (including phenoxy) is 2. The van der Waals surface area contributed by atoms with Gasteiger partial charge >= 0.3 is 5.97 Å². The summed E-state index contributed by atoms with van der Waals surface area (Å²) in [6.45, 7) is 0. The highest BCUT2D eigenvalue weighted by atomic mass is 16.5. The minimum Gasteiger partial charge on any atom is -0.494 e. The van der Waals surface area contributed by atoms with Crippen LogP contribution < -0.4 is 4.74 Å². The summed E-state index contributed by atoms with van der Waals surface area (Å²) in [5.74, 6) is 0.0280. The van der Waals surface area contributed by atoms with Gasteiger partial charge in [-0.2, -0.15) is 5.10 Å². The molecule has 1 heterocycles. The first-order chi connectivity index (χ1) is 7.27. The van der Waals surface area contributed by atoms with Crippen molar-refractivity contribution in [1.29, 1.82) is 0 Å². The second-order valence-corrected chi connectivity index (χ2v) is 2.97. The number of hydrogen-bond acceptors (Lipinski definition) is 4. The maximum Gasteiger partial charge on any atom is 0.341 e. The van der Waals surface area contributed by atoms with E-state index in [0.717, 1.165) is 5.39 Å². The monoisotopic (exact) mass is 206 g/mol. The van der Waals surface area contributed by atoms with Crippen LogP contribution in [0.5, 0.6) is 5.75 Å². The topological polar surface area (TPSA) is 64.2 Å². The molecule has 0 aliphatic heterocycles. The standard InChI is InChI=1S/C10H10N2O3/c1-14-9-7(10(13)15-2)4-3-6-5-11-12-8(6)9/h3-5H,1-2H3,(H,11,12). The van der Waals surface area contributed by atoms with Crippen LogP contribution in [0, 0.1) is 0 Å². The first-order valence-corrected chi connectivity index (χ1v) is 4.36. The van der Waals surface area contributed by atoms with Gasteiger partial charge in [-0.25, -0.2) is 4.79 Å². The highest BCUT2D eigenvalue weighted by Crippen LogP contribution is 2.28. The fourth-order valence-corrected chi connectivity index (χ4v) is 1.47. The lowest BCUT2D eigenvalue weighted by molar-refractivity contribution is 0.0597. The number of nitrogens with zero attached hydrogens (tertiary/aromatic N) is 1. The number of nitrogens with one attached hydrogen (secondary N) is 1. The molecule has 5 heteroatoms. The van der Waals surface area contributed by atoms with E-state index in [1.54, 1.807) is 18.3 Å². The van der Waals surface area contributed by atoms with E-state index in [0.29, 0.717) is 16.8 Å². The fourth-order valence-electron chi connectivity index (χ4n) is 1.47. The zero-order valence-corrected chi connectivity index (χ0v) is 8.40. The molecule has 0 aliphatic carbocycles. The molecule has 78 valence electrons. The lowest BCUT2D eigenvalue weighted by Gasteiger charge is -2.06. The molecule has 1 aromatic carbocycles.